The van der Waals surface area contributed by atoms with E-state index in [0.717, 1.165) is 22.8 Å². The molecule has 0 atom stereocenters. The van der Waals surface area contributed by atoms with Gasteiger partial charge in [0, 0.05) is 29.0 Å². The van der Waals surface area contributed by atoms with Crippen molar-refractivity contribution in [3.63, 3.8) is 0 Å². The third-order valence-corrected chi connectivity index (χ3v) is 3.75. The number of hydrogen-bond donors (Lipinski definition) is 3. The number of rotatable bonds is 6. The second-order valence-corrected chi connectivity index (χ2v) is 5.57. The van der Waals surface area contributed by atoms with Gasteiger partial charge in [0.05, 0.1) is 11.1 Å². The lowest BCUT2D eigenvalue weighted by Gasteiger charge is -2.09. The highest BCUT2D eigenvalue weighted by atomic mass is 79.9. The number of amides is 1. The molecule has 6 heteroatoms. The summed E-state index contributed by atoms with van der Waals surface area (Å²) in [6, 6.07) is 6.82. The van der Waals surface area contributed by atoms with Gasteiger partial charge in [0.15, 0.2) is 0 Å². The van der Waals surface area contributed by atoms with Crippen molar-refractivity contribution in [2.24, 2.45) is 0 Å². The molecule has 2 rings (SSSR count). The summed E-state index contributed by atoms with van der Waals surface area (Å²) >= 11 is 3.38. The molecule has 0 bridgehead atoms. The van der Waals surface area contributed by atoms with Gasteiger partial charge in [0.25, 0.3) is 5.91 Å². The van der Waals surface area contributed by atoms with Gasteiger partial charge in [0.1, 0.15) is 0 Å². The van der Waals surface area contributed by atoms with E-state index in [2.05, 4.69) is 38.5 Å². The summed E-state index contributed by atoms with van der Waals surface area (Å²) in [5.74, 6) is -0.234. The zero-order valence-electron chi connectivity index (χ0n) is 11.8. The van der Waals surface area contributed by atoms with Crippen molar-refractivity contribution in [2.45, 2.75) is 13.3 Å². The smallest absolute Gasteiger partial charge is 0.252 e. The third-order valence-electron chi connectivity index (χ3n) is 3.09. The molecule has 0 fully saturated rings. The molecule has 1 aromatic carbocycles. The van der Waals surface area contributed by atoms with E-state index >= 15 is 0 Å². The molecule has 0 saturated carbocycles. The van der Waals surface area contributed by atoms with E-state index < -0.39 is 0 Å². The maximum Gasteiger partial charge on any atom is 0.252 e. The Morgan fingerprint density at radius 2 is 2.10 bits per heavy atom. The van der Waals surface area contributed by atoms with E-state index in [9.17, 15) is 9.59 Å². The van der Waals surface area contributed by atoms with Crippen LogP contribution in [-0.2, 0) is 0 Å². The molecule has 0 spiro atoms. The first-order chi connectivity index (χ1) is 10.1. The summed E-state index contributed by atoms with van der Waals surface area (Å²) in [6.45, 7) is 4.26. The first-order valence-corrected chi connectivity index (χ1v) is 7.73. The van der Waals surface area contributed by atoms with Gasteiger partial charge in [-0.3, -0.25) is 9.59 Å². The first-order valence-electron chi connectivity index (χ1n) is 6.94. The summed E-state index contributed by atoms with van der Waals surface area (Å²) in [6.07, 6.45) is 1.06. The number of para-hydroxylation sites is 1. The Balaban J connectivity index is 2.19. The first kappa shape index (κ1) is 15.7. The van der Waals surface area contributed by atoms with Gasteiger partial charge in [-0.1, -0.05) is 19.1 Å². The molecule has 0 aliphatic heterocycles. The van der Waals surface area contributed by atoms with Crippen LogP contribution in [0.3, 0.4) is 0 Å². The lowest BCUT2D eigenvalue weighted by molar-refractivity contribution is 0.0955. The van der Waals surface area contributed by atoms with Crippen molar-refractivity contribution in [2.75, 3.05) is 19.6 Å². The lowest BCUT2D eigenvalue weighted by atomic mass is 10.1. The van der Waals surface area contributed by atoms with Crippen LogP contribution in [0, 0.1) is 0 Å². The van der Waals surface area contributed by atoms with Crippen LogP contribution in [0.1, 0.15) is 23.7 Å². The number of carbonyl (C=O) groups is 1. The van der Waals surface area contributed by atoms with Crippen LogP contribution in [0.25, 0.3) is 10.9 Å². The van der Waals surface area contributed by atoms with Gasteiger partial charge < -0.3 is 15.6 Å². The van der Waals surface area contributed by atoms with Gasteiger partial charge in [-0.05, 0) is 35.0 Å². The molecular formula is C15H18BrN3O2. The molecule has 0 saturated heterocycles. The van der Waals surface area contributed by atoms with Crippen molar-refractivity contribution in [1.29, 1.82) is 0 Å². The van der Waals surface area contributed by atoms with Crippen molar-refractivity contribution in [1.82, 2.24) is 15.6 Å². The number of aromatic amines is 1. The second kappa shape index (κ2) is 7.38. The number of nitrogens with one attached hydrogen (secondary N) is 3. The predicted molar refractivity (Wildman–Crippen MR) is 87.8 cm³/mol. The minimum Gasteiger partial charge on any atom is -0.351 e. The van der Waals surface area contributed by atoms with Gasteiger partial charge in [-0.2, -0.15) is 0 Å². The second-order valence-electron chi connectivity index (χ2n) is 4.72. The highest BCUT2D eigenvalue weighted by Gasteiger charge is 2.12. The van der Waals surface area contributed by atoms with E-state index in [4.69, 9.17) is 0 Å². The van der Waals surface area contributed by atoms with E-state index in [0.29, 0.717) is 24.2 Å². The summed E-state index contributed by atoms with van der Waals surface area (Å²) in [4.78, 5) is 26.7. The lowest BCUT2D eigenvalue weighted by Crippen LogP contribution is -2.32. The Kier molecular flexibility index (Phi) is 5.52. The van der Waals surface area contributed by atoms with Gasteiger partial charge >= 0.3 is 0 Å². The van der Waals surface area contributed by atoms with Crippen LogP contribution in [0.4, 0.5) is 0 Å². The quantitative estimate of drug-likeness (QED) is 0.697. The number of aromatic nitrogens is 1. The topological polar surface area (TPSA) is 74.0 Å². The maximum absolute atomic E-state index is 12.2. The highest BCUT2D eigenvalue weighted by Crippen LogP contribution is 2.23. The SMILES string of the molecule is CCCNCCNC(=O)c1cc(=O)[nH]c2c(Br)cccc12. The molecule has 5 nitrogen and oxygen atoms in total. The molecule has 0 unspecified atom stereocenters. The number of fused-ring (bicyclic) bond motifs is 1. The van der Waals surface area contributed by atoms with Crippen molar-refractivity contribution >= 4 is 32.7 Å². The molecule has 21 heavy (non-hydrogen) atoms. The highest BCUT2D eigenvalue weighted by molar-refractivity contribution is 9.10. The van der Waals surface area contributed by atoms with Crippen molar-refractivity contribution in [3.05, 3.63) is 44.7 Å². The molecule has 0 aliphatic carbocycles. The summed E-state index contributed by atoms with van der Waals surface area (Å²) in [5.41, 5.74) is 0.744. The number of hydrogen-bond acceptors (Lipinski definition) is 3. The Bertz CT molecular complexity index is 697. The molecule has 0 radical (unpaired) electrons. The van der Waals surface area contributed by atoms with E-state index in [1.54, 1.807) is 0 Å². The molecule has 1 heterocycles. The minimum absolute atomic E-state index is 0.234. The number of halogens is 1. The fraction of sp³-hybridized carbons (Fsp3) is 0.333. The maximum atomic E-state index is 12.2. The number of carbonyl (C=O) groups excluding carboxylic acids is 1. The average Bonchev–Trinajstić information content (AvgIpc) is 2.47. The van der Waals surface area contributed by atoms with Gasteiger partial charge in [-0.15, -0.1) is 0 Å². The van der Waals surface area contributed by atoms with Crippen LogP contribution in [0.2, 0.25) is 0 Å². The van der Waals surface area contributed by atoms with E-state index in [1.165, 1.54) is 6.07 Å². The van der Waals surface area contributed by atoms with E-state index in [-0.39, 0.29) is 11.5 Å². The molecular weight excluding hydrogens is 334 g/mol. The largest absolute Gasteiger partial charge is 0.351 e. The van der Waals surface area contributed by atoms with Crippen LogP contribution in [-0.4, -0.2) is 30.5 Å². The molecule has 112 valence electrons. The fourth-order valence-corrected chi connectivity index (χ4v) is 2.56. The normalized spacial score (nSPS) is 10.8. The van der Waals surface area contributed by atoms with Crippen molar-refractivity contribution in [3.8, 4) is 0 Å². The zero-order valence-corrected chi connectivity index (χ0v) is 13.4. The molecule has 3 N–H and O–H groups in total. The summed E-state index contributed by atoms with van der Waals surface area (Å²) in [7, 11) is 0. The Hall–Kier alpha value is -1.66. The van der Waals surface area contributed by atoms with Crippen LogP contribution < -0.4 is 16.2 Å². The third kappa shape index (κ3) is 3.92. The predicted octanol–water partition coefficient (Wildman–Crippen LogP) is 2.02. The molecule has 1 aromatic heterocycles. The molecule has 2 aromatic rings. The number of benzene rings is 1. The Labute approximate surface area is 131 Å². The van der Waals surface area contributed by atoms with Crippen LogP contribution in [0.5, 0.6) is 0 Å². The minimum atomic E-state index is -0.288. The number of H-pyrrole nitrogens is 1. The average molecular weight is 352 g/mol. The van der Waals surface area contributed by atoms with Crippen LogP contribution in [0.15, 0.2) is 33.5 Å². The number of pyridine rings is 1. The standard InChI is InChI=1S/C15H18BrN3O2/c1-2-6-17-7-8-18-15(21)11-9-13(20)19-14-10(11)4-3-5-12(14)16/h3-5,9,17H,2,6-8H2,1H3,(H,18,21)(H,19,20). The van der Waals surface area contributed by atoms with Gasteiger partial charge in [-0.25, -0.2) is 0 Å². The summed E-state index contributed by atoms with van der Waals surface area (Å²) < 4.78 is 0.761. The summed E-state index contributed by atoms with van der Waals surface area (Å²) in [5, 5.41) is 6.76. The Morgan fingerprint density at radius 1 is 1.29 bits per heavy atom. The zero-order chi connectivity index (χ0) is 15.2. The molecule has 1 amide bonds. The van der Waals surface area contributed by atoms with E-state index in [1.807, 2.05) is 18.2 Å². The monoisotopic (exact) mass is 351 g/mol. The van der Waals surface area contributed by atoms with Crippen molar-refractivity contribution < 1.29 is 4.79 Å². The van der Waals surface area contributed by atoms with Gasteiger partial charge in [0.2, 0.25) is 5.56 Å². The fourth-order valence-electron chi connectivity index (χ4n) is 2.09. The van der Waals surface area contributed by atoms with Crippen LogP contribution >= 0.6 is 15.9 Å². The Morgan fingerprint density at radius 3 is 2.86 bits per heavy atom. The molecule has 0 aliphatic rings.